The lowest BCUT2D eigenvalue weighted by Crippen LogP contribution is -2.09. The third-order valence-corrected chi connectivity index (χ3v) is 3.83. The zero-order chi connectivity index (χ0) is 20.8. The second-order valence-electron chi connectivity index (χ2n) is 5.73. The lowest BCUT2D eigenvalue weighted by atomic mass is 10.1. The molecule has 29 heavy (non-hydrogen) atoms. The van der Waals surface area contributed by atoms with E-state index in [1.807, 2.05) is 6.07 Å². The zero-order valence-corrected chi connectivity index (χ0v) is 15.7. The summed E-state index contributed by atoms with van der Waals surface area (Å²) >= 11 is 0. The molecule has 0 spiro atoms. The Morgan fingerprint density at radius 3 is 2.07 bits per heavy atom. The molecule has 148 valence electrons. The van der Waals surface area contributed by atoms with Gasteiger partial charge in [0.15, 0.2) is 11.6 Å². The fraction of sp³-hybridized carbons (Fsp3) is 0.105. The van der Waals surface area contributed by atoms with E-state index in [1.54, 1.807) is 18.3 Å². The van der Waals surface area contributed by atoms with Crippen molar-refractivity contribution in [2.24, 2.45) is 0 Å². The second kappa shape index (κ2) is 8.65. The maximum absolute atomic E-state index is 11.9. The van der Waals surface area contributed by atoms with Gasteiger partial charge in [-0.25, -0.2) is 24.5 Å². The minimum atomic E-state index is -0.605. The SMILES string of the molecule is COC(=O)c1cc(Nc2ncnc(Nc3ccccn3)c2N)cc(C(=O)OC)c1. The number of nitrogen functional groups attached to an aromatic ring is 1. The van der Waals surface area contributed by atoms with E-state index in [0.29, 0.717) is 17.3 Å². The van der Waals surface area contributed by atoms with Crippen LogP contribution in [0.15, 0.2) is 48.9 Å². The number of ether oxygens (including phenoxy) is 2. The topological polar surface area (TPSA) is 141 Å². The fourth-order valence-electron chi connectivity index (χ4n) is 2.46. The lowest BCUT2D eigenvalue weighted by Gasteiger charge is -2.13. The summed E-state index contributed by atoms with van der Waals surface area (Å²) in [7, 11) is 2.50. The minimum Gasteiger partial charge on any atom is -0.465 e. The van der Waals surface area contributed by atoms with E-state index in [4.69, 9.17) is 15.2 Å². The Hall–Kier alpha value is -4.21. The summed E-state index contributed by atoms with van der Waals surface area (Å²) in [6, 6.07) is 9.75. The van der Waals surface area contributed by atoms with Crippen LogP contribution in [0, 0.1) is 0 Å². The number of rotatable bonds is 6. The molecule has 0 amide bonds. The van der Waals surface area contributed by atoms with E-state index in [-0.39, 0.29) is 22.6 Å². The molecule has 1 aromatic carbocycles. The van der Waals surface area contributed by atoms with Crippen LogP contribution in [-0.4, -0.2) is 41.1 Å². The molecule has 4 N–H and O–H groups in total. The van der Waals surface area contributed by atoms with Crippen LogP contribution in [0.5, 0.6) is 0 Å². The Morgan fingerprint density at radius 1 is 0.897 bits per heavy atom. The molecule has 2 aromatic heterocycles. The van der Waals surface area contributed by atoms with E-state index >= 15 is 0 Å². The number of carbonyl (C=O) groups excluding carboxylic acids is 2. The molecule has 0 aliphatic rings. The standard InChI is InChI=1S/C19H18N6O4/c1-28-18(26)11-7-12(19(27)29-2)9-13(8-11)24-16-15(20)17(23-10-22-16)25-14-5-3-4-6-21-14/h3-10H,20H2,1-2H3,(H2,21,22,23,24,25). The van der Waals surface area contributed by atoms with E-state index in [0.717, 1.165) is 0 Å². The van der Waals surface area contributed by atoms with Crippen LogP contribution in [0.2, 0.25) is 0 Å². The van der Waals surface area contributed by atoms with Crippen LogP contribution in [0.4, 0.5) is 28.8 Å². The molecule has 0 bridgehead atoms. The van der Waals surface area contributed by atoms with Crippen LogP contribution in [0.25, 0.3) is 0 Å². The largest absolute Gasteiger partial charge is 0.465 e. The summed E-state index contributed by atoms with van der Waals surface area (Å²) in [6.07, 6.45) is 2.95. The molecule has 0 fully saturated rings. The van der Waals surface area contributed by atoms with Crippen molar-refractivity contribution in [3.8, 4) is 0 Å². The van der Waals surface area contributed by atoms with Gasteiger partial charge in [-0.3, -0.25) is 0 Å². The highest BCUT2D eigenvalue weighted by Crippen LogP contribution is 2.28. The molecule has 0 saturated heterocycles. The first-order chi connectivity index (χ1) is 14.0. The quantitative estimate of drug-likeness (QED) is 0.534. The van der Waals surface area contributed by atoms with Crippen molar-refractivity contribution in [2.75, 3.05) is 30.6 Å². The summed E-state index contributed by atoms with van der Waals surface area (Å²) in [4.78, 5) is 36.3. The number of nitrogens with one attached hydrogen (secondary N) is 2. The lowest BCUT2D eigenvalue weighted by molar-refractivity contribution is 0.0599. The van der Waals surface area contributed by atoms with Gasteiger partial charge in [0.25, 0.3) is 0 Å². The van der Waals surface area contributed by atoms with Crippen LogP contribution in [-0.2, 0) is 9.47 Å². The Kier molecular flexibility index (Phi) is 5.83. The molecule has 10 heteroatoms. The van der Waals surface area contributed by atoms with Gasteiger partial charge in [-0.15, -0.1) is 0 Å². The molecule has 0 aliphatic carbocycles. The first-order valence-corrected chi connectivity index (χ1v) is 8.39. The Labute approximate surface area is 166 Å². The molecule has 0 saturated carbocycles. The highest BCUT2D eigenvalue weighted by atomic mass is 16.5. The zero-order valence-electron chi connectivity index (χ0n) is 15.7. The molecule has 0 unspecified atom stereocenters. The van der Waals surface area contributed by atoms with Gasteiger partial charge >= 0.3 is 11.9 Å². The van der Waals surface area contributed by atoms with Gasteiger partial charge in [0, 0.05) is 11.9 Å². The predicted octanol–water partition coefficient (Wildman–Crippen LogP) is 2.51. The maximum atomic E-state index is 11.9. The summed E-state index contributed by atoms with van der Waals surface area (Å²) in [6.45, 7) is 0. The van der Waals surface area contributed by atoms with Gasteiger partial charge in [-0.1, -0.05) is 6.07 Å². The number of esters is 2. The van der Waals surface area contributed by atoms with Crippen LogP contribution in [0.1, 0.15) is 20.7 Å². The van der Waals surface area contributed by atoms with Crippen molar-refractivity contribution in [3.63, 3.8) is 0 Å². The number of carbonyl (C=O) groups is 2. The van der Waals surface area contributed by atoms with E-state index in [9.17, 15) is 9.59 Å². The number of methoxy groups -OCH3 is 2. The normalized spacial score (nSPS) is 10.1. The maximum Gasteiger partial charge on any atom is 0.337 e. The number of benzene rings is 1. The Balaban J connectivity index is 1.94. The second-order valence-corrected chi connectivity index (χ2v) is 5.73. The van der Waals surface area contributed by atoms with E-state index in [2.05, 4.69) is 25.6 Å². The molecule has 0 atom stereocenters. The van der Waals surface area contributed by atoms with Crippen LogP contribution < -0.4 is 16.4 Å². The van der Waals surface area contributed by atoms with E-state index < -0.39 is 11.9 Å². The van der Waals surface area contributed by atoms with Gasteiger partial charge < -0.3 is 25.8 Å². The predicted molar refractivity (Wildman–Crippen MR) is 106 cm³/mol. The molecule has 3 rings (SSSR count). The summed E-state index contributed by atoms with van der Waals surface area (Å²) in [5, 5.41) is 5.99. The first kappa shape index (κ1) is 19.5. The van der Waals surface area contributed by atoms with E-state index in [1.165, 1.54) is 38.7 Å². The number of pyridine rings is 1. The highest BCUT2D eigenvalue weighted by molar-refractivity contribution is 5.97. The molecule has 0 aliphatic heterocycles. The number of aromatic nitrogens is 3. The van der Waals surface area contributed by atoms with Gasteiger partial charge in [-0.05, 0) is 30.3 Å². The average Bonchev–Trinajstić information content (AvgIpc) is 2.75. The molecule has 0 radical (unpaired) electrons. The minimum absolute atomic E-state index is 0.164. The Morgan fingerprint density at radius 2 is 1.52 bits per heavy atom. The summed E-state index contributed by atoms with van der Waals surface area (Å²) < 4.78 is 9.47. The average molecular weight is 394 g/mol. The third kappa shape index (κ3) is 4.56. The first-order valence-electron chi connectivity index (χ1n) is 8.39. The number of hydrogen-bond acceptors (Lipinski definition) is 10. The molecule has 2 heterocycles. The van der Waals surface area contributed by atoms with Gasteiger partial charge in [0.2, 0.25) is 0 Å². The number of hydrogen-bond donors (Lipinski definition) is 3. The van der Waals surface area contributed by atoms with Crippen molar-refractivity contribution in [2.45, 2.75) is 0 Å². The van der Waals surface area contributed by atoms with Crippen molar-refractivity contribution in [3.05, 3.63) is 60.0 Å². The molecule has 10 nitrogen and oxygen atoms in total. The summed E-state index contributed by atoms with van der Waals surface area (Å²) in [5.41, 5.74) is 7.11. The smallest absolute Gasteiger partial charge is 0.337 e. The van der Waals surface area contributed by atoms with Crippen molar-refractivity contribution in [1.29, 1.82) is 0 Å². The number of anilines is 5. The fourth-order valence-corrected chi connectivity index (χ4v) is 2.46. The summed E-state index contributed by atoms with van der Waals surface area (Å²) in [5.74, 6) is -0.0294. The van der Waals surface area contributed by atoms with Crippen molar-refractivity contribution in [1.82, 2.24) is 15.0 Å². The van der Waals surface area contributed by atoms with Crippen LogP contribution in [0.3, 0.4) is 0 Å². The van der Waals surface area contributed by atoms with Crippen molar-refractivity contribution < 1.29 is 19.1 Å². The van der Waals surface area contributed by atoms with Crippen molar-refractivity contribution >= 4 is 40.8 Å². The monoisotopic (exact) mass is 394 g/mol. The highest BCUT2D eigenvalue weighted by Gasteiger charge is 2.15. The molecular weight excluding hydrogens is 376 g/mol. The number of nitrogens with two attached hydrogens (primary N) is 1. The Bertz CT molecular complexity index is 1010. The van der Waals surface area contributed by atoms with Gasteiger partial charge in [0.1, 0.15) is 17.8 Å². The van der Waals surface area contributed by atoms with Gasteiger partial charge in [0.05, 0.1) is 25.3 Å². The van der Waals surface area contributed by atoms with Gasteiger partial charge in [-0.2, -0.15) is 0 Å². The molecule has 3 aromatic rings. The third-order valence-electron chi connectivity index (χ3n) is 3.83. The number of nitrogens with zero attached hydrogens (tertiary/aromatic N) is 3. The van der Waals surface area contributed by atoms with Crippen LogP contribution >= 0.6 is 0 Å². The molecular formula is C19H18N6O4.